The van der Waals surface area contributed by atoms with Crippen molar-refractivity contribution in [3.8, 4) is 0 Å². The highest BCUT2D eigenvalue weighted by atomic mass is 35.5. The Labute approximate surface area is 144 Å². The first-order valence-corrected chi connectivity index (χ1v) is 8.44. The summed E-state index contributed by atoms with van der Waals surface area (Å²) in [5.74, 6) is 0.736. The van der Waals surface area contributed by atoms with Crippen molar-refractivity contribution in [1.29, 1.82) is 0 Å². The van der Waals surface area contributed by atoms with Crippen molar-refractivity contribution in [2.24, 2.45) is 0 Å². The van der Waals surface area contributed by atoms with Crippen LogP contribution in [0.25, 0.3) is 0 Å². The molecule has 2 fully saturated rings. The molecule has 1 heterocycles. The quantitative estimate of drug-likeness (QED) is 0.890. The molecule has 5 heteroatoms. The second-order valence-electron chi connectivity index (χ2n) is 6.48. The first-order valence-electron chi connectivity index (χ1n) is 8.44. The zero-order valence-corrected chi connectivity index (χ0v) is 14.5. The molecule has 2 N–H and O–H groups in total. The van der Waals surface area contributed by atoms with Crippen LogP contribution in [0, 0.1) is 0 Å². The Balaban J connectivity index is 0.00000192. The molecule has 3 rings (SSSR count). The fourth-order valence-corrected chi connectivity index (χ4v) is 3.61. The van der Waals surface area contributed by atoms with Crippen LogP contribution < -0.4 is 10.6 Å². The van der Waals surface area contributed by atoms with E-state index >= 15 is 0 Å². The number of rotatable bonds is 3. The van der Waals surface area contributed by atoms with E-state index in [4.69, 9.17) is 4.74 Å². The van der Waals surface area contributed by atoms with Gasteiger partial charge in [0.1, 0.15) is 6.04 Å². The number of hydrogen-bond acceptors (Lipinski definition) is 3. The highest BCUT2D eigenvalue weighted by molar-refractivity contribution is 5.85. The third-order valence-corrected chi connectivity index (χ3v) is 4.94. The van der Waals surface area contributed by atoms with Gasteiger partial charge < -0.3 is 15.4 Å². The number of morpholine rings is 1. The molecule has 1 amide bonds. The highest BCUT2D eigenvalue weighted by Crippen LogP contribution is 2.32. The van der Waals surface area contributed by atoms with Gasteiger partial charge >= 0.3 is 0 Å². The molecule has 1 saturated heterocycles. The van der Waals surface area contributed by atoms with Gasteiger partial charge in [-0.25, -0.2) is 0 Å². The maximum absolute atomic E-state index is 12.4. The lowest BCUT2D eigenvalue weighted by molar-refractivity contribution is -0.129. The Hall–Kier alpha value is -1.10. The lowest BCUT2D eigenvalue weighted by Gasteiger charge is -2.33. The highest BCUT2D eigenvalue weighted by Gasteiger charge is 2.31. The molecule has 0 spiro atoms. The van der Waals surface area contributed by atoms with Crippen molar-refractivity contribution in [3.63, 3.8) is 0 Å². The summed E-state index contributed by atoms with van der Waals surface area (Å²) >= 11 is 0. The summed E-state index contributed by atoms with van der Waals surface area (Å²) in [5.41, 5.74) is 1.43. The minimum Gasteiger partial charge on any atom is -0.375 e. The number of carbonyl (C=O) groups is 1. The first-order chi connectivity index (χ1) is 10.7. The number of nitrogens with one attached hydrogen (secondary N) is 2. The molecule has 2 aliphatic rings. The van der Waals surface area contributed by atoms with E-state index in [-0.39, 0.29) is 30.5 Å². The van der Waals surface area contributed by atoms with Gasteiger partial charge in [0.25, 0.3) is 0 Å². The van der Waals surface area contributed by atoms with Gasteiger partial charge in [0.05, 0.1) is 12.7 Å². The van der Waals surface area contributed by atoms with Crippen LogP contribution in [0.4, 0.5) is 0 Å². The topological polar surface area (TPSA) is 50.4 Å². The number of halogens is 1. The van der Waals surface area contributed by atoms with Gasteiger partial charge in [0.15, 0.2) is 0 Å². The van der Waals surface area contributed by atoms with E-state index in [1.54, 1.807) is 0 Å². The third kappa shape index (κ3) is 4.69. The Morgan fingerprint density at radius 2 is 1.87 bits per heavy atom. The minimum absolute atomic E-state index is 0. The molecule has 23 heavy (non-hydrogen) atoms. The Bertz CT molecular complexity index is 489. The number of benzene rings is 1. The Morgan fingerprint density at radius 3 is 2.52 bits per heavy atom. The maximum atomic E-state index is 12.4. The van der Waals surface area contributed by atoms with E-state index in [1.807, 2.05) is 6.92 Å². The van der Waals surface area contributed by atoms with Crippen LogP contribution in [-0.4, -0.2) is 37.2 Å². The molecule has 0 bridgehead atoms. The van der Waals surface area contributed by atoms with E-state index in [0.29, 0.717) is 18.6 Å². The first kappa shape index (κ1) is 18.2. The number of ether oxygens (including phenoxy) is 1. The standard InChI is InChI=1S/C18H26N2O2.ClH/c1-13-17(19-11-12-22-13)18(21)20-16-9-7-15(8-10-16)14-5-3-2-4-6-14;/h2-6,13,15-17,19H,7-12H2,1H3,(H,20,21);1H/t13-,15?,16?,17+;/m1./s1. The van der Waals surface area contributed by atoms with Crippen molar-refractivity contribution < 1.29 is 9.53 Å². The lowest BCUT2D eigenvalue weighted by atomic mass is 9.81. The van der Waals surface area contributed by atoms with Crippen LogP contribution in [0.15, 0.2) is 30.3 Å². The molecule has 1 saturated carbocycles. The molecule has 0 aromatic heterocycles. The molecule has 1 aliphatic heterocycles. The second kappa shape index (κ2) is 8.67. The zero-order valence-electron chi connectivity index (χ0n) is 13.7. The average Bonchev–Trinajstić information content (AvgIpc) is 2.57. The van der Waals surface area contributed by atoms with Crippen LogP contribution in [-0.2, 0) is 9.53 Å². The van der Waals surface area contributed by atoms with Crippen LogP contribution in [0.2, 0.25) is 0 Å². The summed E-state index contributed by atoms with van der Waals surface area (Å²) in [7, 11) is 0. The van der Waals surface area contributed by atoms with Gasteiger partial charge in [-0.2, -0.15) is 0 Å². The van der Waals surface area contributed by atoms with Crippen molar-refractivity contribution in [2.45, 2.75) is 56.7 Å². The van der Waals surface area contributed by atoms with Gasteiger partial charge in [-0.1, -0.05) is 30.3 Å². The molecule has 4 nitrogen and oxygen atoms in total. The van der Waals surface area contributed by atoms with Crippen molar-refractivity contribution in [3.05, 3.63) is 35.9 Å². The zero-order chi connectivity index (χ0) is 15.4. The molecular formula is C18H27ClN2O2. The average molecular weight is 339 g/mol. The minimum atomic E-state index is -0.208. The fourth-order valence-electron chi connectivity index (χ4n) is 3.61. The van der Waals surface area contributed by atoms with Crippen molar-refractivity contribution in [1.82, 2.24) is 10.6 Å². The molecule has 1 aliphatic carbocycles. The molecule has 128 valence electrons. The summed E-state index contributed by atoms with van der Waals surface area (Å²) in [6, 6.07) is 10.8. The van der Waals surface area contributed by atoms with Crippen LogP contribution in [0.3, 0.4) is 0 Å². The van der Waals surface area contributed by atoms with Gasteiger partial charge in [0, 0.05) is 12.6 Å². The molecule has 2 atom stereocenters. The van der Waals surface area contributed by atoms with Gasteiger partial charge in [-0.3, -0.25) is 4.79 Å². The van der Waals surface area contributed by atoms with Gasteiger partial charge in [-0.15, -0.1) is 12.4 Å². The van der Waals surface area contributed by atoms with Crippen LogP contribution in [0.1, 0.15) is 44.1 Å². The SMILES string of the molecule is C[C@H]1OCCN[C@@H]1C(=O)NC1CCC(c2ccccc2)CC1.Cl. The van der Waals surface area contributed by atoms with Crippen molar-refractivity contribution in [2.75, 3.05) is 13.2 Å². The predicted molar refractivity (Wildman–Crippen MR) is 94.0 cm³/mol. The monoisotopic (exact) mass is 338 g/mol. The number of hydrogen-bond donors (Lipinski definition) is 2. The molecule has 0 radical (unpaired) electrons. The maximum Gasteiger partial charge on any atom is 0.240 e. The van der Waals surface area contributed by atoms with E-state index in [9.17, 15) is 4.79 Å². The largest absolute Gasteiger partial charge is 0.375 e. The van der Waals surface area contributed by atoms with Crippen LogP contribution >= 0.6 is 12.4 Å². The van der Waals surface area contributed by atoms with Gasteiger partial charge in [0.2, 0.25) is 5.91 Å². The smallest absolute Gasteiger partial charge is 0.240 e. The molecule has 0 unspecified atom stereocenters. The van der Waals surface area contributed by atoms with Gasteiger partial charge in [-0.05, 0) is 44.1 Å². The second-order valence-corrected chi connectivity index (χ2v) is 6.48. The van der Waals surface area contributed by atoms with E-state index in [0.717, 1.165) is 32.2 Å². The lowest BCUT2D eigenvalue weighted by Crippen LogP contribution is -2.57. The van der Waals surface area contributed by atoms with Crippen LogP contribution in [0.5, 0.6) is 0 Å². The van der Waals surface area contributed by atoms with E-state index in [2.05, 4.69) is 41.0 Å². The normalized spacial score (nSPS) is 31.0. The van der Waals surface area contributed by atoms with Crippen molar-refractivity contribution >= 4 is 18.3 Å². The summed E-state index contributed by atoms with van der Waals surface area (Å²) in [4.78, 5) is 12.4. The molecular weight excluding hydrogens is 312 g/mol. The summed E-state index contributed by atoms with van der Waals surface area (Å²) < 4.78 is 5.55. The molecule has 1 aromatic rings. The number of amides is 1. The van der Waals surface area contributed by atoms with E-state index < -0.39 is 0 Å². The summed E-state index contributed by atoms with van der Waals surface area (Å²) in [6.45, 7) is 3.40. The Kier molecular flexibility index (Phi) is 6.88. The Morgan fingerprint density at radius 1 is 1.17 bits per heavy atom. The summed E-state index contributed by atoms with van der Waals surface area (Å²) in [6.07, 6.45) is 4.38. The number of carbonyl (C=O) groups excluding carboxylic acids is 1. The summed E-state index contributed by atoms with van der Waals surface area (Å²) in [5, 5.41) is 6.47. The predicted octanol–water partition coefficient (Wildman–Crippen LogP) is 2.63. The third-order valence-electron chi connectivity index (χ3n) is 4.94. The van der Waals surface area contributed by atoms with E-state index in [1.165, 1.54) is 5.56 Å². The molecule has 1 aromatic carbocycles. The fraction of sp³-hybridized carbons (Fsp3) is 0.611.